The van der Waals surface area contributed by atoms with Crippen molar-refractivity contribution < 1.29 is 4.42 Å². The SMILES string of the molecule is c1ccc(C2=NC(c3ccc(-c4ccccc4)cc3)=NC(c3ccc(-c4ccccc4)c4oc5cc6cccnc6cc5c34)[N-]2)cc1. The predicted octanol–water partition coefficient (Wildman–Crippen LogP) is 10.7. The van der Waals surface area contributed by atoms with Crippen LogP contribution in [0, 0.1) is 0 Å². The summed E-state index contributed by atoms with van der Waals surface area (Å²) in [7, 11) is 0. The Morgan fingerprint density at radius 1 is 0.574 bits per heavy atom. The fourth-order valence-corrected chi connectivity index (χ4v) is 6.40. The van der Waals surface area contributed by atoms with Crippen LogP contribution >= 0.6 is 0 Å². The molecule has 2 aromatic heterocycles. The van der Waals surface area contributed by atoms with E-state index in [0.717, 1.165) is 66.2 Å². The number of furan rings is 1. The zero-order valence-corrected chi connectivity index (χ0v) is 25.3. The van der Waals surface area contributed by atoms with Gasteiger partial charge in [0, 0.05) is 27.9 Å². The van der Waals surface area contributed by atoms with E-state index in [1.54, 1.807) is 0 Å². The monoisotopic (exact) mass is 603 g/mol. The smallest absolute Gasteiger partial charge is 0.143 e. The average molecular weight is 604 g/mol. The van der Waals surface area contributed by atoms with Crippen LogP contribution < -0.4 is 0 Å². The van der Waals surface area contributed by atoms with Crippen LogP contribution in [0.2, 0.25) is 0 Å². The highest BCUT2D eigenvalue weighted by Gasteiger charge is 2.22. The van der Waals surface area contributed by atoms with Crippen molar-refractivity contribution in [2.75, 3.05) is 0 Å². The lowest BCUT2D eigenvalue weighted by atomic mass is 9.96. The number of hydrogen-bond donors (Lipinski definition) is 0. The molecule has 0 saturated carbocycles. The zero-order valence-electron chi connectivity index (χ0n) is 25.3. The van der Waals surface area contributed by atoms with E-state index in [1.165, 1.54) is 5.56 Å². The molecule has 5 nitrogen and oxygen atoms in total. The number of aromatic nitrogens is 1. The van der Waals surface area contributed by atoms with E-state index in [-0.39, 0.29) is 0 Å². The van der Waals surface area contributed by atoms with Crippen molar-refractivity contribution in [3.05, 3.63) is 180 Å². The Morgan fingerprint density at radius 2 is 1.23 bits per heavy atom. The van der Waals surface area contributed by atoms with Gasteiger partial charge in [0.1, 0.15) is 11.2 Å². The van der Waals surface area contributed by atoms with Gasteiger partial charge in [-0.1, -0.05) is 139 Å². The molecule has 0 fully saturated rings. The predicted molar refractivity (Wildman–Crippen MR) is 192 cm³/mol. The summed E-state index contributed by atoms with van der Waals surface area (Å²) < 4.78 is 6.71. The summed E-state index contributed by atoms with van der Waals surface area (Å²) in [5.74, 6) is 1.29. The van der Waals surface area contributed by atoms with Gasteiger partial charge < -0.3 is 14.7 Å². The van der Waals surface area contributed by atoms with Gasteiger partial charge in [0.15, 0.2) is 0 Å². The second kappa shape index (κ2) is 11.2. The van der Waals surface area contributed by atoms with Crippen LogP contribution in [-0.2, 0) is 0 Å². The molecule has 5 heteroatoms. The number of nitrogens with zero attached hydrogens (tertiary/aromatic N) is 4. The van der Waals surface area contributed by atoms with Crippen molar-refractivity contribution in [2.45, 2.75) is 6.17 Å². The van der Waals surface area contributed by atoms with Gasteiger partial charge in [-0.2, -0.15) is 0 Å². The first-order valence-electron chi connectivity index (χ1n) is 15.7. The minimum Gasteiger partial charge on any atom is -0.455 e. The number of hydrogen-bond acceptors (Lipinski definition) is 4. The van der Waals surface area contributed by atoms with Gasteiger partial charge in [-0.15, -0.1) is 0 Å². The van der Waals surface area contributed by atoms with Crippen molar-refractivity contribution in [3.63, 3.8) is 0 Å². The molecule has 9 rings (SSSR count). The Balaban J connectivity index is 1.25. The molecule has 1 aliphatic heterocycles. The molecule has 0 N–H and O–H groups in total. The largest absolute Gasteiger partial charge is 0.455 e. The van der Waals surface area contributed by atoms with Crippen LogP contribution in [0.25, 0.3) is 60.4 Å². The molecule has 222 valence electrons. The molecule has 0 spiro atoms. The van der Waals surface area contributed by atoms with Crippen LogP contribution in [0.5, 0.6) is 0 Å². The average Bonchev–Trinajstić information content (AvgIpc) is 3.53. The molecule has 0 amide bonds. The quantitative estimate of drug-likeness (QED) is 0.196. The third-order valence-corrected chi connectivity index (χ3v) is 8.72. The molecule has 47 heavy (non-hydrogen) atoms. The fourth-order valence-electron chi connectivity index (χ4n) is 6.40. The van der Waals surface area contributed by atoms with Gasteiger partial charge >= 0.3 is 0 Å². The summed E-state index contributed by atoms with van der Waals surface area (Å²) in [5.41, 5.74) is 9.76. The van der Waals surface area contributed by atoms with Gasteiger partial charge in [0.25, 0.3) is 0 Å². The number of fused-ring (bicyclic) bond motifs is 4. The van der Waals surface area contributed by atoms with Crippen molar-refractivity contribution in [3.8, 4) is 22.3 Å². The van der Waals surface area contributed by atoms with Gasteiger partial charge in [0.2, 0.25) is 0 Å². The Bertz CT molecular complexity index is 2470. The van der Waals surface area contributed by atoms with E-state index < -0.39 is 6.17 Å². The Kier molecular flexibility index (Phi) is 6.46. The lowest BCUT2D eigenvalue weighted by Gasteiger charge is -2.33. The maximum Gasteiger partial charge on any atom is 0.143 e. The second-order valence-corrected chi connectivity index (χ2v) is 11.6. The molecule has 3 heterocycles. The highest BCUT2D eigenvalue weighted by molar-refractivity contribution is 6.20. The molecule has 1 atom stereocenters. The zero-order chi connectivity index (χ0) is 31.2. The molecular formula is C42H27N4O-. The molecule has 8 aromatic rings. The number of pyridine rings is 1. The van der Waals surface area contributed by atoms with Gasteiger partial charge in [-0.25, -0.2) is 0 Å². The van der Waals surface area contributed by atoms with Crippen molar-refractivity contribution in [1.82, 2.24) is 4.98 Å². The minimum absolute atomic E-state index is 0.543. The highest BCUT2D eigenvalue weighted by atomic mass is 16.3. The minimum atomic E-state index is -0.543. The first kappa shape index (κ1) is 27.0. The number of amidine groups is 2. The van der Waals surface area contributed by atoms with E-state index in [0.29, 0.717) is 11.7 Å². The first-order chi connectivity index (χ1) is 23.3. The van der Waals surface area contributed by atoms with E-state index >= 15 is 0 Å². The Labute approximate surface area is 271 Å². The van der Waals surface area contributed by atoms with Gasteiger partial charge in [-0.05, 0) is 51.6 Å². The van der Waals surface area contributed by atoms with E-state index in [1.807, 2.05) is 54.7 Å². The van der Waals surface area contributed by atoms with E-state index in [4.69, 9.17) is 19.7 Å². The molecule has 1 unspecified atom stereocenters. The molecule has 0 radical (unpaired) electrons. The summed E-state index contributed by atoms with van der Waals surface area (Å²) in [6.07, 6.45) is 1.28. The standard InChI is InChI=1S/C42H27N4O/c1-4-11-27(12-5-1)28-18-20-31(21-19-28)41-44-40(30-15-8-3-9-16-30)45-42(46-41)34-23-22-33(29-13-6-2-7-14-29)39-38(34)35-26-36-32(17-10-24-43-36)25-37(35)47-39/h1-26,42H/q-1. The summed E-state index contributed by atoms with van der Waals surface area (Å²) in [5, 5.41) is 8.17. The lowest BCUT2D eigenvalue weighted by Crippen LogP contribution is -2.16. The van der Waals surface area contributed by atoms with Crippen molar-refractivity contribution in [2.24, 2.45) is 9.98 Å². The summed E-state index contributed by atoms with van der Waals surface area (Å²) in [6, 6.07) is 51.7. The van der Waals surface area contributed by atoms with Gasteiger partial charge in [0.05, 0.1) is 17.5 Å². The van der Waals surface area contributed by atoms with E-state index in [2.05, 4.69) is 108 Å². The molecule has 0 saturated heterocycles. The molecule has 0 bridgehead atoms. The van der Waals surface area contributed by atoms with Crippen LogP contribution in [-0.4, -0.2) is 16.7 Å². The normalized spacial score (nSPS) is 14.6. The summed E-state index contributed by atoms with van der Waals surface area (Å²) in [6.45, 7) is 0. The summed E-state index contributed by atoms with van der Waals surface area (Å²) >= 11 is 0. The molecular weight excluding hydrogens is 576 g/mol. The Hall–Kier alpha value is -6.33. The highest BCUT2D eigenvalue weighted by Crippen LogP contribution is 2.44. The molecule has 6 aromatic carbocycles. The maximum absolute atomic E-state index is 6.71. The summed E-state index contributed by atoms with van der Waals surface area (Å²) in [4.78, 5) is 14.9. The Morgan fingerprint density at radius 3 is 1.98 bits per heavy atom. The van der Waals surface area contributed by atoms with Crippen LogP contribution in [0.3, 0.4) is 0 Å². The fraction of sp³-hybridized carbons (Fsp3) is 0.0238. The third kappa shape index (κ3) is 4.86. The number of benzene rings is 6. The van der Waals surface area contributed by atoms with Crippen molar-refractivity contribution >= 4 is 44.5 Å². The number of aliphatic imine (C=N–C) groups is 2. The number of rotatable bonds is 5. The topological polar surface area (TPSA) is 64.8 Å². The third-order valence-electron chi connectivity index (χ3n) is 8.72. The molecule has 1 aliphatic rings. The first-order valence-corrected chi connectivity index (χ1v) is 15.7. The van der Waals surface area contributed by atoms with Crippen LogP contribution in [0.1, 0.15) is 22.9 Å². The second-order valence-electron chi connectivity index (χ2n) is 11.6. The lowest BCUT2D eigenvalue weighted by molar-refractivity contribution is 0.670. The molecule has 0 aliphatic carbocycles. The van der Waals surface area contributed by atoms with Crippen molar-refractivity contribution in [1.29, 1.82) is 0 Å². The maximum atomic E-state index is 6.71. The van der Waals surface area contributed by atoms with Gasteiger partial charge in [-0.3, -0.25) is 9.98 Å². The van der Waals surface area contributed by atoms with E-state index in [9.17, 15) is 0 Å². The van der Waals surface area contributed by atoms with Crippen LogP contribution in [0.4, 0.5) is 0 Å². The van der Waals surface area contributed by atoms with Crippen LogP contribution in [0.15, 0.2) is 172 Å².